The average molecular weight is 247 g/mol. The van der Waals surface area contributed by atoms with Crippen molar-refractivity contribution in [2.45, 2.75) is 6.92 Å². The van der Waals surface area contributed by atoms with Crippen molar-refractivity contribution >= 4 is 21.9 Å². The predicted octanol–water partition coefficient (Wildman–Crippen LogP) is 2.68. The van der Waals surface area contributed by atoms with Crippen LogP contribution in [0.1, 0.15) is 15.9 Å². The Balaban J connectivity index is 3.28. The van der Waals surface area contributed by atoms with Crippen LogP contribution in [-0.4, -0.2) is 13.1 Å². The Hall–Kier alpha value is -0.900. The van der Waals surface area contributed by atoms with Gasteiger partial charge in [-0.15, -0.1) is 0 Å². The van der Waals surface area contributed by atoms with Crippen LogP contribution in [0.25, 0.3) is 0 Å². The number of methoxy groups -OCH3 is 1. The number of carbonyl (C=O) groups is 1. The second-order valence-corrected chi connectivity index (χ2v) is 3.45. The van der Waals surface area contributed by atoms with Gasteiger partial charge in [0.1, 0.15) is 0 Å². The van der Waals surface area contributed by atoms with Gasteiger partial charge in [-0.25, -0.2) is 9.18 Å². The van der Waals surface area contributed by atoms with E-state index in [1.165, 1.54) is 13.2 Å². The molecule has 0 atom stereocenters. The predicted molar refractivity (Wildman–Crippen MR) is 50.2 cm³/mol. The lowest BCUT2D eigenvalue weighted by molar-refractivity contribution is 0.0595. The van der Waals surface area contributed by atoms with Crippen LogP contribution in [0.2, 0.25) is 0 Å². The summed E-state index contributed by atoms with van der Waals surface area (Å²) in [4.78, 5) is 11.1. The van der Waals surface area contributed by atoms with E-state index in [-0.39, 0.29) is 10.0 Å². The smallest absolute Gasteiger partial charge is 0.340 e. The van der Waals surface area contributed by atoms with Gasteiger partial charge in [0.25, 0.3) is 0 Å². The molecule has 13 heavy (non-hydrogen) atoms. The summed E-state index contributed by atoms with van der Waals surface area (Å²) in [6.45, 7) is 1.77. The molecule has 0 unspecified atom stereocenters. The van der Waals surface area contributed by atoms with E-state index in [0.717, 1.165) is 5.56 Å². The number of aryl methyl sites for hydroxylation is 1. The molecule has 1 rings (SSSR count). The van der Waals surface area contributed by atoms with E-state index in [9.17, 15) is 9.18 Å². The van der Waals surface area contributed by atoms with Crippen LogP contribution in [0.15, 0.2) is 16.6 Å². The van der Waals surface area contributed by atoms with E-state index in [1.807, 2.05) is 0 Å². The van der Waals surface area contributed by atoms with E-state index in [1.54, 1.807) is 13.0 Å². The SMILES string of the molecule is COC(=O)c1cc(C)cc(Br)c1F. The van der Waals surface area contributed by atoms with Crippen LogP contribution in [0.3, 0.4) is 0 Å². The first-order valence-corrected chi connectivity index (χ1v) is 4.39. The third-order valence-electron chi connectivity index (χ3n) is 1.58. The van der Waals surface area contributed by atoms with Crippen molar-refractivity contribution in [1.82, 2.24) is 0 Å². The number of hydrogen-bond acceptors (Lipinski definition) is 2. The van der Waals surface area contributed by atoms with Crippen molar-refractivity contribution in [3.8, 4) is 0 Å². The standard InChI is InChI=1S/C9H8BrFO2/c1-5-3-6(9(12)13-2)8(11)7(10)4-5/h3-4H,1-2H3. The number of rotatable bonds is 1. The Bertz CT molecular complexity index is 350. The fourth-order valence-electron chi connectivity index (χ4n) is 0.983. The molecule has 0 aliphatic heterocycles. The van der Waals surface area contributed by atoms with Gasteiger partial charge in [-0.3, -0.25) is 0 Å². The van der Waals surface area contributed by atoms with Crippen molar-refractivity contribution in [3.05, 3.63) is 33.5 Å². The molecule has 0 aromatic heterocycles. The quantitative estimate of drug-likeness (QED) is 0.713. The molecule has 0 aliphatic rings. The largest absolute Gasteiger partial charge is 0.465 e. The maximum Gasteiger partial charge on any atom is 0.340 e. The van der Waals surface area contributed by atoms with E-state index in [0.29, 0.717) is 0 Å². The fraction of sp³-hybridized carbons (Fsp3) is 0.222. The van der Waals surface area contributed by atoms with Gasteiger partial charge in [0, 0.05) is 0 Å². The molecular weight excluding hydrogens is 239 g/mol. The van der Waals surface area contributed by atoms with Gasteiger partial charge in [-0.1, -0.05) is 0 Å². The zero-order valence-electron chi connectivity index (χ0n) is 7.23. The zero-order chi connectivity index (χ0) is 10.0. The van der Waals surface area contributed by atoms with Gasteiger partial charge < -0.3 is 4.74 Å². The van der Waals surface area contributed by atoms with Crippen molar-refractivity contribution in [2.75, 3.05) is 7.11 Å². The summed E-state index contributed by atoms with van der Waals surface area (Å²) >= 11 is 3.01. The molecule has 1 aromatic carbocycles. The van der Waals surface area contributed by atoms with Gasteiger partial charge >= 0.3 is 5.97 Å². The minimum atomic E-state index is -0.665. The highest BCUT2D eigenvalue weighted by molar-refractivity contribution is 9.10. The van der Waals surface area contributed by atoms with E-state index >= 15 is 0 Å². The van der Waals surface area contributed by atoms with Crippen molar-refractivity contribution in [1.29, 1.82) is 0 Å². The third kappa shape index (κ3) is 2.06. The molecule has 0 heterocycles. The number of esters is 1. The fourth-order valence-corrected chi connectivity index (χ4v) is 1.56. The molecule has 0 N–H and O–H groups in total. The molecule has 1 aromatic rings. The van der Waals surface area contributed by atoms with Crippen LogP contribution in [0, 0.1) is 12.7 Å². The first-order valence-electron chi connectivity index (χ1n) is 3.60. The summed E-state index contributed by atoms with van der Waals surface area (Å²) < 4.78 is 18.0. The lowest BCUT2D eigenvalue weighted by Gasteiger charge is -2.04. The first-order chi connectivity index (χ1) is 6.06. The molecular formula is C9H8BrFO2. The molecule has 0 bridgehead atoms. The van der Waals surface area contributed by atoms with Gasteiger partial charge in [-0.2, -0.15) is 0 Å². The molecule has 2 nitrogen and oxygen atoms in total. The van der Waals surface area contributed by atoms with Crippen LogP contribution < -0.4 is 0 Å². The molecule has 0 fully saturated rings. The van der Waals surface area contributed by atoms with E-state index in [4.69, 9.17) is 0 Å². The molecule has 0 saturated carbocycles. The topological polar surface area (TPSA) is 26.3 Å². The molecule has 0 saturated heterocycles. The molecule has 0 spiro atoms. The summed E-state index contributed by atoms with van der Waals surface area (Å²) in [6.07, 6.45) is 0. The number of halogens is 2. The molecule has 70 valence electrons. The first kappa shape index (κ1) is 10.2. The minimum absolute atomic E-state index is 0.0469. The summed E-state index contributed by atoms with van der Waals surface area (Å²) in [6, 6.07) is 3.05. The zero-order valence-corrected chi connectivity index (χ0v) is 8.81. The maximum absolute atomic E-state index is 13.3. The van der Waals surface area contributed by atoms with Crippen molar-refractivity contribution in [3.63, 3.8) is 0 Å². The summed E-state index contributed by atoms with van der Waals surface area (Å²) in [5.74, 6) is -1.25. The highest BCUT2D eigenvalue weighted by Crippen LogP contribution is 2.21. The van der Waals surface area contributed by atoms with Gasteiger partial charge in [0.2, 0.25) is 0 Å². The normalized spacial score (nSPS) is 9.85. The summed E-state index contributed by atoms with van der Waals surface area (Å²) in [5, 5.41) is 0. The van der Waals surface area contributed by atoms with Crippen LogP contribution in [0.5, 0.6) is 0 Å². The molecule has 0 aliphatic carbocycles. The van der Waals surface area contributed by atoms with E-state index in [2.05, 4.69) is 20.7 Å². The lowest BCUT2D eigenvalue weighted by Crippen LogP contribution is -2.05. The molecule has 0 amide bonds. The Kier molecular flexibility index (Phi) is 3.03. The van der Waals surface area contributed by atoms with Crippen LogP contribution in [-0.2, 0) is 4.74 Å². The highest BCUT2D eigenvalue weighted by atomic mass is 79.9. The third-order valence-corrected chi connectivity index (χ3v) is 2.15. The monoisotopic (exact) mass is 246 g/mol. The number of hydrogen-bond donors (Lipinski definition) is 0. The Labute approximate surface area is 83.8 Å². The molecule has 4 heteroatoms. The van der Waals surface area contributed by atoms with Gasteiger partial charge in [0.15, 0.2) is 5.82 Å². The minimum Gasteiger partial charge on any atom is -0.465 e. The number of carbonyl (C=O) groups excluding carboxylic acids is 1. The van der Waals surface area contributed by atoms with Crippen LogP contribution >= 0.6 is 15.9 Å². The number of benzene rings is 1. The van der Waals surface area contributed by atoms with Gasteiger partial charge in [-0.05, 0) is 40.5 Å². The lowest BCUT2D eigenvalue weighted by atomic mass is 10.1. The number of ether oxygens (including phenoxy) is 1. The highest BCUT2D eigenvalue weighted by Gasteiger charge is 2.14. The van der Waals surface area contributed by atoms with Crippen molar-refractivity contribution < 1.29 is 13.9 Å². The van der Waals surface area contributed by atoms with Gasteiger partial charge in [0.05, 0.1) is 17.1 Å². The maximum atomic E-state index is 13.3. The summed E-state index contributed by atoms with van der Waals surface area (Å²) in [5.41, 5.74) is 0.753. The Morgan fingerprint density at radius 2 is 2.15 bits per heavy atom. The second-order valence-electron chi connectivity index (χ2n) is 2.60. The second kappa shape index (κ2) is 3.87. The summed E-state index contributed by atoms with van der Waals surface area (Å²) in [7, 11) is 1.22. The van der Waals surface area contributed by atoms with E-state index < -0.39 is 11.8 Å². The van der Waals surface area contributed by atoms with Crippen molar-refractivity contribution in [2.24, 2.45) is 0 Å². The van der Waals surface area contributed by atoms with Crippen LogP contribution in [0.4, 0.5) is 4.39 Å². The average Bonchev–Trinajstić information content (AvgIpc) is 2.10. The Morgan fingerprint density at radius 1 is 1.54 bits per heavy atom. The Morgan fingerprint density at radius 3 is 2.69 bits per heavy atom. The molecule has 0 radical (unpaired) electrons.